The molecule has 7 nitrogen and oxygen atoms in total. The molecule has 0 spiro atoms. The van der Waals surface area contributed by atoms with Crippen LogP contribution < -0.4 is 10.6 Å². The van der Waals surface area contributed by atoms with Crippen molar-refractivity contribution in [1.82, 2.24) is 20.8 Å². The minimum absolute atomic E-state index is 0.0970. The van der Waals surface area contributed by atoms with E-state index in [0.717, 1.165) is 28.5 Å². The van der Waals surface area contributed by atoms with Gasteiger partial charge in [0.25, 0.3) is 0 Å². The molecule has 0 aliphatic rings. The highest BCUT2D eigenvalue weighted by Crippen LogP contribution is 2.23. The average molecular weight is 314 g/mol. The van der Waals surface area contributed by atoms with Gasteiger partial charge in [-0.1, -0.05) is 0 Å². The van der Waals surface area contributed by atoms with Crippen molar-refractivity contribution >= 4 is 5.91 Å². The predicted molar refractivity (Wildman–Crippen MR) is 83.3 cm³/mol. The first-order valence-corrected chi connectivity index (χ1v) is 7.31. The Morgan fingerprint density at radius 2 is 2.22 bits per heavy atom. The van der Waals surface area contributed by atoms with Gasteiger partial charge in [0.1, 0.15) is 17.2 Å². The van der Waals surface area contributed by atoms with E-state index in [1.165, 1.54) is 0 Å². The second kappa shape index (κ2) is 6.97. The molecule has 0 aromatic carbocycles. The zero-order chi connectivity index (χ0) is 16.1. The van der Waals surface area contributed by atoms with E-state index in [-0.39, 0.29) is 12.5 Å². The van der Waals surface area contributed by atoms with Gasteiger partial charge in [-0.3, -0.25) is 9.89 Å². The maximum absolute atomic E-state index is 11.8. The average Bonchev–Trinajstić information content (AvgIpc) is 3.26. The number of nitrogens with one attached hydrogen (secondary N) is 3. The summed E-state index contributed by atoms with van der Waals surface area (Å²) in [6.07, 6.45) is 3.30. The lowest BCUT2D eigenvalue weighted by Crippen LogP contribution is -2.33. The first kappa shape index (κ1) is 15.1. The molecule has 0 unspecified atom stereocenters. The molecule has 3 rings (SSSR count). The number of hydrogen-bond donors (Lipinski definition) is 3. The van der Waals surface area contributed by atoms with Crippen LogP contribution >= 0.6 is 0 Å². The van der Waals surface area contributed by atoms with Crippen LogP contribution in [0.3, 0.4) is 0 Å². The number of rotatable bonds is 7. The molecule has 0 bridgehead atoms. The Kier molecular flexibility index (Phi) is 4.58. The van der Waals surface area contributed by atoms with Gasteiger partial charge in [-0.05, 0) is 31.2 Å². The van der Waals surface area contributed by atoms with Gasteiger partial charge in [-0.25, -0.2) is 0 Å². The second-order valence-electron chi connectivity index (χ2n) is 5.14. The number of amides is 1. The third kappa shape index (κ3) is 3.89. The number of carbonyl (C=O) groups is 1. The van der Waals surface area contributed by atoms with Crippen LogP contribution in [0.2, 0.25) is 0 Å². The lowest BCUT2D eigenvalue weighted by Gasteiger charge is -2.05. The quantitative estimate of drug-likeness (QED) is 0.619. The van der Waals surface area contributed by atoms with Crippen LogP contribution in [-0.4, -0.2) is 22.6 Å². The van der Waals surface area contributed by atoms with E-state index >= 15 is 0 Å². The highest BCUT2D eigenvalue weighted by atomic mass is 16.3. The molecule has 3 aromatic heterocycles. The van der Waals surface area contributed by atoms with Crippen molar-refractivity contribution in [3.63, 3.8) is 0 Å². The van der Waals surface area contributed by atoms with E-state index in [1.54, 1.807) is 18.5 Å². The number of aromatic amines is 1. The molecule has 3 heterocycles. The van der Waals surface area contributed by atoms with E-state index in [1.807, 2.05) is 25.1 Å². The number of hydrogen-bond acceptors (Lipinski definition) is 5. The third-order valence-electron chi connectivity index (χ3n) is 3.35. The zero-order valence-corrected chi connectivity index (χ0v) is 12.8. The molecule has 1 amide bonds. The molecule has 0 aliphatic heterocycles. The maximum atomic E-state index is 11.8. The lowest BCUT2D eigenvalue weighted by molar-refractivity contribution is -0.120. The van der Waals surface area contributed by atoms with Crippen LogP contribution in [0.1, 0.15) is 17.1 Å². The molecule has 0 aliphatic carbocycles. The summed E-state index contributed by atoms with van der Waals surface area (Å²) in [6.45, 7) is 3.00. The smallest absolute Gasteiger partial charge is 0.234 e. The van der Waals surface area contributed by atoms with Crippen LogP contribution in [-0.2, 0) is 17.9 Å². The Bertz CT molecular complexity index is 758. The molecule has 0 saturated carbocycles. The van der Waals surface area contributed by atoms with Crippen molar-refractivity contribution in [2.75, 3.05) is 6.54 Å². The van der Waals surface area contributed by atoms with Crippen molar-refractivity contribution in [2.45, 2.75) is 20.0 Å². The highest BCUT2D eigenvalue weighted by Gasteiger charge is 2.11. The molecule has 0 fully saturated rings. The van der Waals surface area contributed by atoms with Gasteiger partial charge in [-0.2, -0.15) is 5.10 Å². The van der Waals surface area contributed by atoms with Crippen molar-refractivity contribution in [2.24, 2.45) is 0 Å². The number of furan rings is 2. The van der Waals surface area contributed by atoms with E-state index in [4.69, 9.17) is 8.83 Å². The van der Waals surface area contributed by atoms with Crippen LogP contribution in [0.5, 0.6) is 0 Å². The molecule has 7 heteroatoms. The van der Waals surface area contributed by atoms with E-state index < -0.39 is 0 Å². The molecule has 3 aromatic rings. The largest absolute Gasteiger partial charge is 0.467 e. The van der Waals surface area contributed by atoms with Crippen LogP contribution in [0, 0.1) is 6.92 Å². The number of nitrogens with zero attached hydrogens (tertiary/aromatic N) is 1. The fourth-order valence-electron chi connectivity index (χ4n) is 2.20. The van der Waals surface area contributed by atoms with Gasteiger partial charge in [0.05, 0.1) is 25.5 Å². The molecule has 120 valence electrons. The molecule has 0 radical (unpaired) electrons. The van der Waals surface area contributed by atoms with Gasteiger partial charge in [0, 0.05) is 12.1 Å². The molecule has 0 saturated heterocycles. The number of H-pyrrole nitrogens is 1. The Labute approximate surface area is 133 Å². The first-order chi connectivity index (χ1) is 11.2. The first-order valence-electron chi connectivity index (χ1n) is 7.31. The topological polar surface area (TPSA) is 96.1 Å². The highest BCUT2D eigenvalue weighted by molar-refractivity contribution is 5.77. The van der Waals surface area contributed by atoms with Gasteiger partial charge < -0.3 is 19.5 Å². The Balaban J connectivity index is 1.47. The summed E-state index contributed by atoms with van der Waals surface area (Å²) >= 11 is 0. The molecule has 3 N–H and O–H groups in total. The Morgan fingerprint density at radius 1 is 1.30 bits per heavy atom. The Hall–Kier alpha value is -2.80. The number of aromatic nitrogens is 2. The van der Waals surface area contributed by atoms with Crippen LogP contribution in [0.25, 0.3) is 11.5 Å². The zero-order valence-electron chi connectivity index (χ0n) is 12.8. The summed E-state index contributed by atoms with van der Waals surface area (Å²) < 4.78 is 10.7. The van der Waals surface area contributed by atoms with Crippen LogP contribution in [0.15, 0.2) is 45.6 Å². The minimum Gasteiger partial charge on any atom is -0.467 e. The standard InChI is InChI=1S/C16H18N4O3/c1-11-4-5-14(23-11)16-12(8-19-20-16)7-17-10-15(21)18-9-13-3-2-6-22-13/h2-6,8,17H,7,9-10H2,1H3,(H,18,21)(H,19,20). The van der Waals surface area contributed by atoms with Gasteiger partial charge in [0.2, 0.25) is 5.91 Å². The van der Waals surface area contributed by atoms with Crippen LogP contribution in [0.4, 0.5) is 0 Å². The van der Waals surface area contributed by atoms with E-state index in [0.29, 0.717) is 13.1 Å². The van der Waals surface area contributed by atoms with Gasteiger partial charge in [-0.15, -0.1) is 0 Å². The number of carbonyl (C=O) groups excluding carboxylic acids is 1. The monoisotopic (exact) mass is 314 g/mol. The number of aryl methyl sites for hydroxylation is 1. The molecule has 23 heavy (non-hydrogen) atoms. The van der Waals surface area contributed by atoms with Crippen molar-refractivity contribution in [3.8, 4) is 11.5 Å². The maximum Gasteiger partial charge on any atom is 0.234 e. The summed E-state index contributed by atoms with van der Waals surface area (Å²) in [6, 6.07) is 7.39. The summed E-state index contributed by atoms with van der Waals surface area (Å²) in [5, 5.41) is 12.8. The van der Waals surface area contributed by atoms with Crippen molar-refractivity contribution < 1.29 is 13.6 Å². The SMILES string of the molecule is Cc1ccc(-c2[nH]ncc2CNCC(=O)NCc2ccco2)o1. The summed E-state index contributed by atoms with van der Waals surface area (Å²) in [7, 11) is 0. The second-order valence-corrected chi connectivity index (χ2v) is 5.14. The summed E-state index contributed by atoms with van der Waals surface area (Å²) in [5.41, 5.74) is 1.76. The van der Waals surface area contributed by atoms with E-state index in [2.05, 4.69) is 20.8 Å². The molecular weight excluding hydrogens is 296 g/mol. The van der Waals surface area contributed by atoms with Crippen molar-refractivity contribution in [1.29, 1.82) is 0 Å². The van der Waals surface area contributed by atoms with Gasteiger partial charge in [0.15, 0.2) is 5.76 Å². The lowest BCUT2D eigenvalue weighted by atomic mass is 10.2. The normalized spacial score (nSPS) is 10.8. The summed E-state index contributed by atoms with van der Waals surface area (Å²) in [4.78, 5) is 11.8. The Morgan fingerprint density at radius 3 is 2.96 bits per heavy atom. The summed E-state index contributed by atoms with van der Waals surface area (Å²) in [5.74, 6) is 2.20. The van der Waals surface area contributed by atoms with Gasteiger partial charge >= 0.3 is 0 Å². The fourth-order valence-corrected chi connectivity index (χ4v) is 2.20. The molecule has 0 atom stereocenters. The predicted octanol–water partition coefficient (Wildman–Crippen LogP) is 1.98. The van der Waals surface area contributed by atoms with Crippen molar-refractivity contribution in [3.05, 3.63) is 53.8 Å². The molecular formula is C16H18N4O3. The minimum atomic E-state index is -0.0970. The third-order valence-corrected chi connectivity index (χ3v) is 3.35. The van der Waals surface area contributed by atoms with E-state index in [9.17, 15) is 4.79 Å². The fraction of sp³-hybridized carbons (Fsp3) is 0.250.